The minimum atomic E-state index is -5.75. The van der Waals surface area contributed by atoms with Gasteiger partial charge < -0.3 is 29.8 Å². The van der Waals surface area contributed by atoms with Crippen LogP contribution >= 0.6 is 18.9 Å². The summed E-state index contributed by atoms with van der Waals surface area (Å²) in [7, 11) is -3.89. The van der Waals surface area contributed by atoms with Crippen molar-refractivity contribution in [1.29, 1.82) is 0 Å². The summed E-state index contributed by atoms with van der Waals surface area (Å²) in [5.41, 5.74) is -2.90. The van der Waals surface area contributed by atoms with E-state index >= 15 is 0 Å². The van der Waals surface area contributed by atoms with Gasteiger partial charge >= 0.3 is 13.3 Å². The number of nitrogens with zero attached hydrogens (tertiary/aromatic N) is 3. The quantitative estimate of drug-likeness (QED) is 0.362. The Hall–Kier alpha value is -3.22. The average molecular weight is 647 g/mol. The standard InChI is InChI=1S/C30H33F2N4O6PS/c1-34-12-11-22-7-8-24(29(39)35-13-10-18-4-2-3-5-19(18)16-35)36(22)28(38)23(17-34)33-27(37)26-15-20-14-21(6-9-25(20)44-26)30(31,32)43(40,41)42/h2-6,9,14-15,22-24H,7-8,10-13,16-17H2,1H3,(H,33,37)(H2,40,41,42)/t22-,23+,24+/m1/s1. The molecule has 44 heavy (non-hydrogen) atoms. The van der Waals surface area contributed by atoms with Crippen molar-refractivity contribution in [3.05, 3.63) is 70.1 Å². The van der Waals surface area contributed by atoms with Crippen LogP contribution in [0.4, 0.5) is 8.78 Å². The highest BCUT2D eigenvalue weighted by Gasteiger charge is 2.50. The van der Waals surface area contributed by atoms with E-state index < -0.39 is 36.8 Å². The van der Waals surface area contributed by atoms with E-state index in [0.29, 0.717) is 43.6 Å². The lowest BCUT2D eigenvalue weighted by atomic mass is 9.99. The Kier molecular flexibility index (Phi) is 8.13. The maximum atomic E-state index is 14.3. The molecule has 3 aromatic rings. The van der Waals surface area contributed by atoms with Crippen LogP contribution in [0.1, 0.15) is 45.6 Å². The Balaban J connectivity index is 1.21. The normalized spacial score (nSPS) is 23.2. The van der Waals surface area contributed by atoms with Gasteiger partial charge in [0.2, 0.25) is 11.8 Å². The maximum absolute atomic E-state index is 14.3. The molecule has 0 aliphatic carbocycles. The van der Waals surface area contributed by atoms with Gasteiger partial charge in [-0.05, 0) is 74.0 Å². The van der Waals surface area contributed by atoms with Crippen molar-refractivity contribution in [2.45, 2.75) is 56.0 Å². The molecule has 3 aliphatic heterocycles. The molecule has 14 heteroatoms. The van der Waals surface area contributed by atoms with E-state index in [4.69, 9.17) is 9.79 Å². The van der Waals surface area contributed by atoms with Crippen LogP contribution in [-0.2, 0) is 32.8 Å². The van der Waals surface area contributed by atoms with Crippen LogP contribution in [0.2, 0.25) is 0 Å². The van der Waals surface area contributed by atoms with Gasteiger partial charge in [-0.2, -0.15) is 8.78 Å². The summed E-state index contributed by atoms with van der Waals surface area (Å²) < 4.78 is 40.4. The number of amides is 3. The monoisotopic (exact) mass is 646 g/mol. The summed E-state index contributed by atoms with van der Waals surface area (Å²) in [5, 5.41) is 3.04. The highest BCUT2D eigenvalue weighted by Crippen LogP contribution is 2.59. The van der Waals surface area contributed by atoms with Gasteiger partial charge in [-0.1, -0.05) is 30.3 Å². The second kappa shape index (κ2) is 11.6. The predicted molar refractivity (Wildman–Crippen MR) is 160 cm³/mol. The molecule has 4 heterocycles. The Labute approximate surface area is 256 Å². The molecule has 0 spiro atoms. The fraction of sp³-hybridized carbons (Fsp3) is 0.433. The number of fused-ring (bicyclic) bond motifs is 3. The van der Waals surface area contributed by atoms with Gasteiger partial charge in [0, 0.05) is 35.9 Å². The Morgan fingerprint density at radius 3 is 2.55 bits per heavy atom. The first-order chi connectivity index (χ1) is 20.8. The maximum Gasteiger partial charge on any atom is 0.399 e. The summed E-state index contributed by atoms with van der Waals surface area (Å²) in [6, 6.07) is 10.9. The Bertz CT molecular complexity index is 1680. The predicted octanol–water partition coefficient (Wildman–Crippen LogP) is 3.51. The average Bonchev–Trinajstić information content (AvgIpc) is 3.61. The van der Waals surface area contributed by atoms with Gasteiger partial charge in [-0.15, -0.1) is 11.3 Å². The fourth-order valence-electron chi connectivity index (χ4n) is 6.51. The Morgan fingerprint density at radius 1 is 1.05 bits per heavy atom. The number of halogens is 2. The molecule has 3 N–H and O–H groups in total. The van der Waals surface area contributed by atoms with Gasteiger partial charge in [-0.25, -0.2) is 0 Å². The molecular weight excluding hydrogens is 613 g/mol. The van der Waals surface area contributed by atoms with Crippen LogP contribution in [0, 0.1) is 0 Å². The SMILES string of the molecule is CN1CC[C@H]2CC[C@@H](C(=O)N3CCc4ccccc4C3)N2C(=O)[C@@H](NC(=O)c2cc3cc(C(F)(F)P(=O)(O)O)ccc3s2)C1. The van der Waals surface area contributed by atoms with Crippen LogP contribution in [0.15, 0.2) is 48.5 Å². The van der Waals surface area contributed by atoms with E-state index in [-0.39, 0.29) is 34.7 Å². The minimum absolute atomic E-state index is 0.0817. The molecular formula is C30H33F2N4O6PS. The smallest absolute Gasteiger partial charge is 0.338 e. The summed E-state index contributed by atoms with van der Waals surface area (Å²) in [6.07, 6.45) is 2.71. The number of likely N-dealkylation sites (N-methyl/N-ethyl adjacent to an activating group) is 1. The van der Waals surface area contributed by atoms with Crippen molar-refractivity contribution < 1.29 is 37.5 Å². The molecule has 0 unspecified atom stereocenters. The van der Waals surface area contributed by atoms with Crippen molar-refractivity contribution in [2.75, 3.05) is 26.7 Å². The molecule has 6 rings (SSSR count). The molecule has 0 bridgehead atoms. The van der Waals surface area contributed by atoms with E-state index in [1.165, 1.54) is 17.7 Å². The van der Waals surface area contributed by atoms with Gasteiger partial charge in [-0.3, -0.25) is 18.9 Å². The number of carbonyl (C=O) groups is 3. The largest absolute Gasteiger partial charge is 0.399 e. The molecule has 2 saturated heterocycles. The fourth-order valence-corrected chi connectivity index (χ4v) is 7.94. The number of hydrogen-bond acceptors (Lipinski definition) is 6. The zero-order valence-corrected chi connectivity index (χ0v) is 25.7. The summed E-state index contributed by atoms with van der Waals surface area (Å²) in [4.78, 5) is 65.1. The molecule has 3 atom stereocenters. The van der Waals surface area contributed by atoms with Gasteiger partial charge in [0.25, 0.3) is 5.91 Å². The second-order valence-electron chi connectivity index (χ2n) is 11.8. The van der Waals surface area contributed by atoms with Crippen molar-refractivity contribution in [2.24, 2.45) is 0 Å². The number of nitrogens with one attached hydrogen (secondary N) is 1. The van der Waals surface area contributed by atoms with Crippen molar-refractivity contribution in [1.82, 2.24) is 20.0 Å². The summed E-state index contributed by atoms with van der Waals surface area (Å²) in [6.45, 7) is 1.98. The number of thiophene rings is 1. The van der Waals surface area contributed by atoms with E-state index in [1.807, 2.05) is 35.0 Å². The van der Waals surface area contributed by atoms with Crippen LogP contribution in [-0.4, -0.2) is 87.0 Å². The zero-order chi connectivity index (χ0) is 31.4. The lowest BCUT2D eigenvalue weighted by molar-refractivity contribution is -0.148. The number of hydrogen-bond donors (Lipinski definition) is 3. The zero-order valence-electron chi connectivity index (χ0n) is 24.0. The highest BCUT2D eigenvalue weighted by atomic mass is 32.1. The molecule has 10 nitrogen and oxygen atoms in total. The van der Waals surface area contributed by atoms with Gasteiger partial charge in [0.05, 0.1) is 4.88 Å². The lowest BCUT2D eigenvalue weighted by Crippen LogP contribution is -2.60. The summed E-state index contributed by atoms with van der Waals surface area (Å²) in [5.74, 6) is -0.984. The van der Waals surface area contributed by atoms with Crippen molar-refractivity contribution >= 4 is 46.7 Å². The number of rotatable bonds is 5. The van der Waals surface area contributed by atoms with Crippen LogP contribution < -0.4 is 5.32 Å². The highest BCUT2D eigenvalue weighted by molar-refractivity contribution is 7.52. The first-order valence-corrected chi connectivity index (χ1v) is 16.9. The van der Waals surface area contributed by atoms with Crippen LogP contribution in [0.5, 0.6) is 0 Å². The molecule has 0 saturated carbocycles. The molecule has 2 aromatic carbocycles. The third kappa shape index (κ3) is 5.67. The van der Waals surface area contributed by atoms with E-state index in [9.17, 15) is 27.7 Å². The first-order valence-electron chi connectivity index (χ1n) is 14.5. The number of alkyl halides is 2. The molecule has 234 valence electrons. The van der Waals surface area contributed by atoms with E-state index in [2.05, 4.69) is 11.4 Å². The van der Waals surface area contributed by atoms with Gasteiger partial charge in [0.1, 0.15) is 12.1 Å². The van der Waals surface area contributed by atoms with Crippen molar-refractivity contribution in [3.8, 4) is 0 Å². The Morgan fingerprint density at radius 2 is 1.80 bits per heavy atom. The lowest BCUT2D eigenvalue weighted by Gasteiger charge is -2.39. The first kappa shape index (κ1) is 30.8. The molecule has 0 radical (unpaired) electrons. The van der Waals surface area contributed by atoms with E-state index in [1.54, 1.807) is 4.90 Å². The van der Waals surface area contributed by atoms with E-state index in [0.717, 1.165) is 35.5 Å². The topological polar surface area (TPSA) is 130 Å². The van der Waals surface area contributed by atoms with Crippen molar-refractivity contribution in [3.63, 3.8) is 0 Å². The second-order valence-corrected chi connectivity index (χ2v) is 14.5. The third-order valence-electron chi connectivity index (χ3n) is 8.88. The minimum Gasteiger partial charge on any atom is -0.338 e. The molecule has 2 fully saturated rings. The molecule has 3 amide bonds. The molecule has 1 aromatic heterocycles. The number of carbonyl (C=O) groups excluding carboxylic acids is 3. The van der Waals surface area contributed by atoms with Gasteiger partial charge in [0.15, 0.2) is 0 Å². The van der Waals surface area contributed by atoms with Crippen LogP contribution in [0.3, 0.4) is 0 Å². The molecule has 3 aliphatic rings. The third-order valence-corrected chi connectivity index (χ3v) is 11.0. The summed E-state index contributed by atoms with van der Waals surface area (Å²) >= 11 is 1.02. The van der Waals surface area contributed by atoms with Crippen LogP contribution in [0.25, 0.3) is 10.1 Å². The number of benzene rings is 2.